The number of aliphatic hydroxyl groups is 1. The Balaban J connectivity index is 1.54. The number of Topliss-reactive ketones (excluding diaryl/α,β-unsaturated/α-hetero) is 1. The number of quaternary nitrogens is 1. The molecule has 0 unspecified atom stereocenters. The number of nitrogens with one attached hydrogen (secondary N) is 1. The van der Waals surface area contributed by atoms with Crippen LogP contribution in [0.15, 0.2) is 48.0 Å². The minimum absolute atomic E-state index is 0.0527. The Morgan fingerprint density at radius 2 is 1.83 bits per heavy atom. The summed E-state index contributed by atoms with van der Waals surface area (Å²) in [6.07, 6.45) is 0. The smallest absolute Gasteiger partial charge is 0.295 e. The van der Waals surface area contributed by atoms with Gasteiger partial charge < -0.3 is 33.9 Å². The monoisotopic (exact) mass is 481 g/mol. The van der Waals surface area contributed by atoms with Gasteiger partial charge in [-0.05, 0) is 35.9 Å². The van der Waals surface area contributed by atoms with Crippen molar-refractivity contribution in [2.75, 3.05) is 59.7 Å². The number of hydrogen-bond acceptors (Lipinski definition) is 7. The van der Waals surface area contributed by atoms with Crippen LogP contribution < -0.4 is 19.1 Å². The van der Waals surface area contributed by atoms with Crippen molar-refractivity contribution in [3.63, 3.8) is 0 Å². The minimum Gasteiger partial charge on any atom is -0.507 e. The molecule has 35 heavy (non-hydrogen) atoms. The zero-order valence-electron chi connectivity index (χ0n) is 19.6. The third-order valence-electron chi connectivity index (χ3n) is 6.67. The summed E-state index contributed by atoms with van der Waals surface area (Å²) in [5.74, 6) is 0.0989. The molecule has 1 amide bonds. The second kappa shape index (κ2) is 9.97. The number of ether oxygens (including phenoxy) is 4. The van der Waals surface area contributed by atoms with Gasteiger partial charge in [0.2, 0.25) is 0 Å². The maximum atomic E-state index is 13.3. The molecule has 3 aliphatic heterocycles. The molecule has 9 heteroatoms. The van der Waals surface area contributed by atoms with Gasteiger partial charge in [0.05, 0.1) is 45.0 Å². The van der Waals surface area contributed by atoms with Gasteiger partial charge in [0.15, 0.2) is 11.5 Å². The van der Waals surface area contributed by atoms with Gasteiger partial charge in [-0.25, -0.2) is 0 Å². The molecule has 3 heterocycles. The maximum Gasteiger partial charge on any atom is 0.295 e. The number of rotatable bonds is 6. The molecule has 0 spiro atoms. The van der Waals surface area contributed by atoms with Gasteiger partial charge in [-0.1, -0.05) is 12.1 Å². The number of hydrogen-bond donors (Lipinski definition) is 2. The Labute approximate surface area is 203 Å². The van der Waals surface area contributed by atoms with E-state index in [0.717, 1.165) is 13.1 Å². The van der Waals surface area contributed by atoms with Crippen LogP contribution in [-0.4, -0.2) is 81.4 Å². The van der Waals surface area contributed by atoms with Crippen LogP contribution >= 0.6 is 0 Å². The highest BCUT2D eigenvalue weighted by molar-refractivity contribution is 6.46. The molecule has 0 aliphatic carbocycles. The first-order valence-electron chi connectivity index (χ1n) is 11.8. The topological polar surface area (TPSA) is 99.0 Å². The van der Waals surface area contributed by atoms with E-state index >= 15 is 0 Å². The van der Waals surface area contributed by atoms with E-state index in [-0.39, 0.29) is 11.3 Å². The lowest BCUT2D eigenvalue weighted by Gasteiger charge is -2.29. The standard InChI is InChI=1S/C26H28N2O7/c1-32-19-4-2-3-17(15-19)23-22(24(29)18-5-6-20-21(16-18)35-14-13-34-20)25(30)26(31)28(23)8-7-27-9-11-33-12-10-27/h2-6,15-16,23,29H,7-14H2,1H3/p+1/t23-/m0/s1. The lowest BCUT2D eigenvalue weighted by atomic mass is 9.95. The van der Waals surface area contributed by atoms with Crippen LogP contribution in [0.25, 0.3) is 5.76 Å². The van der Waals surface area contributed by atoms with Gasteiger partial charge in [0.25, 0.3) is 11.7 Å². The fourth-order valence-corrected chi connectivity index (χ4v) is 4.80. The van der Waals surface area contributed by atoms with E-state index in [2.05, 4.69) is 0 Å². The minimum atomic E-state index is -0.737. The predicted octanol–water partition coefficient (Wildman–Crippen LogP) is 0.803. The van der Waals surface area contributed by atoms with Gasteiger partial charge in [0.1, 0.15) is 37.8 Å². The number of benzene rings is 2. The van der Waals surface area contributed by atoms with Crippen molar-refractivity contribution in [2.45, 2.75) is 6.04 Å². The number of methoxy groups -OCH3 is 1. The fourth-order valence-electron chi connectivity index (χ4n) is 4.80. The number of likely N-dealkylation sites (tertiary alicyclic amines) is 1. The number of ketones is 1. The summed E-state index contributed by atoms with van der Waals surface area (Å²) in [4.78, 5) is 29.4. The number of carbonyl (C=O) groups excluding carboxylic acids is 2. The van der Waals surface area contributed by atoms with Crippen LogP contribution in [0.4, 0.5) is 0 Å². The van der Waals surface area contributed by atoms with Crippen molar-refractivity contribution in [3.05, 3.63) is 59.2 Å². The van der Waals surface area contributed by atoms with Gasteiger partial charge in [-0.3, -0.25) is 9.59 Å². The molecule has 5 rings (SSSR count). The highest BCUT2D eigenvalue weighted by atomic mass is 16.6. The molecule has 3 aliphatic rings. The fraction of sp³-hybridized carbons (Fsp3) is 0.385. The summed E-state index contributed by atoms with van der Waals surface area (Å²) >= 11 is 0. The normalized spacial score (nSPS) is 21.9. The van der Waals surface area contributed by atoms with Gasteiger partial charge in [-0.15, -0.1) is 0 Å². The average molecular weight is 482 g/mol. The molecule has 184 valence electrons. The Morgan fingerprint density at radius 1 is 1.06 bits per heavy atom. The molecule has 2 aromatic rings. The second-order valence-electron chi connectivity index (χ2n) is 8.74. The number of aliphatic hydroxyl groups excluding tert-OH is 1. The summed E-state index contributed by atoms with van der Waals surface area (Å²) in [5, 5.41) is 11.3. The van der Waals surface area contributed by atoms with Crippen LogP contribution in [0, 0.1) is 0 Å². The Hall–Kier alpha value is -3.56. The quantitative estimate of drug-likeness (QED) is 0.358. The van der Waals surface area contributed by atoms with E-state index in [1.54, 1.807) is 42.3 Å². The first kappa shape index (κ1) is 23.2. The zero-order chi connectivity index (χ0) is 24.4. The number of fused-ring (bicyclic) bond motifs is 1. The maximum absolute atomic E-state index is 13.3. The summed E-state index contributed by atoms with van der Waals surface area (Å²) in [6, 6.07) is 11.5. The van der Waals surface area contributed by atoms with E-state index in [9.17, 15) is 14.7 Å². The molecular weight excluding hydrogens is 452 g/mol. The van der Waals surface area contributed by atoms with Crippen molar-refractivity contribution >= 4 is 17.4 Å². The molecule has 9 nitrogen and oxygen atoms in total. The third-order valence-corrected chi connectivity index (χ3v) is 6.67. The zero-order valence-corrected chi connectivity index (χ0v) is 19.6. The number of amides is 1. The van der Waals surface area contributed by atoms with Gasteiger partial charge >= 0.3 is 0 Å². The number of carbonyl (C=O) groups is 2. The molecular formula is C26H29N2O7+. The Bertz CT molecular complexity index is 1160. The van der Waals surface area contributed by atoms with Gasteiger partial charge in [0, 0.05) is 5.56 Å². The van der Waals surface area contributed by atoms with Gasteiger partial charge in [-0.2, -0.15) is 0 Å². The van der Waals surface area contributed by atoms with E-state index in [1.165, 1.54) is 4.90 Å². The van der Waals surface area contributed by atoms with Crippen molar-refractivity contribution < 1.29 is 38.5 Å². The molecule has 0 saturated carbocycles. The van der Waals surface area contributed by atoms with Crippen LogP contribution in [0.3, 0.4) is 0 Å². The highest BCUT2D eigenvalue weighted by Crippen LogP contribution is 2.41. The van der Waals surface area contributed by atoms with Crippen LogP contribution in [0.5, 0.6) is 17.2 Å². The van der Waals surface area contributed by atoms with Crippen molar-refractivity contribution in [2.24, 2.45) is 0 Å². The summed E-state index contributed by atoms with van der Waals surface area (Å²) < 4.78 is 22.0. The molecule has 2 N–H and O–H groups in total. The molecule has 2 aromatic carbocycles. The highest BCUT2D eigenvalue weighted by Gasteiger charge is 2.46. The molecule has 1 atom stereocenters. The Kier molecular flexibility index (Phi) is 6.61. The van der Waals surface area contributed by atoms with E-state index in [4.69, 9.17) is 18.9 Å². The molecule has 2 fully saturated rings. The third kappa shape index (κ3) is 4.56. The average Bonchev–Trinajstić information content (AvgIpc) is 3.16. The molecule has 0 radical (unpaired) electrons. The SMILES string of the molecule is COc1cccc([C@H]2C(=C(O)c3ccc4c(c3)OCCO4)C(=O)C(=O)N2CC[NH+]2CCOCC2)c1. The first-order chi connectivity index (χ1) is 17.1. The summed E-state index contributed by atoms with van der Waals surface area (Å²) in [6.45, 7) is 4.96. The lowest BCUT2D eigenvalue weighted by molar-refractivity contribution is -0.907. The second-order valence-corrected chi connectivity index (χ2v) is 8.74. The predicted molar refractivity (Wildman–Crippen MR) is 126 cm³/mol. The number of nitrogens with zero attached hydrogens (tertiary/aromatic N) is 1. The van der Waals surface area contributed by atoms with Crippen molar-refractivity contribution in [1.82, 2.24) is 4.90 Å². The molecule has 0 aromatic heterocycles. The number of morpholine rings is 1. The summed E-state index contributed by atoms with van der Waals surface area (Å²) in [5.41, 5.74) is 1.13. The van der Waals surface area contributed by atoms with Crippen LogP contribution in [-0.2, 0) is 14.3 Å². The van der Waals surface area contributed by atoms with Crippen molar-refractivity contribution in [1.29, 1.82) is 0 Å². The molecule has 2 saturated heterocycles. The Morgan fingerprint density at radius 3 is 2.60 bits per heavy atom. The molecule has 0 bridgehead atoms. The lowest BCUT2D eigenvalue weighted by Crippen LogP contribution is -3.14. The van der Waals surface area contributed by atoms with E-state index in [0.29, 0.717) is 67.9 Å². The van der Waals surface area contributed by atoms with Crippen LogP contribution in [0.1, 0.15) is 17.2 Å². The van der Waals surface area contributed by atoms with Crippen LogP contribution in [0.2, 0.25) is 0 Å². The van der Waals surface area contributed by atoms with E-state index in [1.807, 2.05) is 12.1 Å². The van der Waals surface area contributed by atoms with Crippen molar-refractivity contribution in [3.8, 4) is 17.2 Å². The largest absolute Gasteiger partial charge is 0.507 e. The van der Waals surface area contributed by atoms with E-state index < -0.39 is 17.7 Å². The summed E-state index contributed by atoms with van der Waals surface area (Å²) in [7, 11) is 1.56. The first-order valence-corrected chi connectivity index (χ1v) is 11.8.